The highest BCUT2D eigenvalue weighted by Gasteiger charge is 2.19. The Morgan fingerprint density at radius 1 is 1.26 bits per heavy atom. The number of carboxylic acid groups (broad SMARTS) is 1. The van der Waals surface area contributed by atoms with Crippen LogP contribution in [0.25, 0.3) is 0 Å². The molecular weight excluding hydrogens is 364 g/mol. The summed E-state index contributed by atoms with van der Waals surface area (Å²) in [5.74, 6) is -1.53. The summed E-state index contributed by atoms with van der Waals surface area (Å²) < 4.78 is 39.5. The van der Waals surface area contributed by atoms with Gasteiger partial charge in [0, 0.05) is 19.0 Å². The van der Waals surface area contributed by atoms with Crippen molar-refractivity contribution in [2.24, 2.45) is 0 Å². The first-order chi connectivity index (χ1) is 12.8. The summed E-state index contributed by atoms with van der Waals surface area (Å²) in [6.07, 6.45) is 0.677. The van der Waals surface area contributed by atoms with Crippen LogP contribution in [0.15, 0.2) is 28.7 Å². The van der Waals surface area contributed by atoms with Crippen LogP contribution >= 0.6 is 0 Å². The number of furan rings is 1. The van der Waals surface area contributed by atoms with Crippen LogP contribution in [0.1, 0.15) is 39.2 Å². The molecule has 0 saturated carbocycles. The van der Waals surface area contributed by atoms with Crippen LogP contribution in [0.2, 0.25) is 0 Å². The SMILES string of the molecule is CCc1oc(C(=O)NCCc2ccc(OC)c(OC(F)F)c2)cc1C(=O)O. The molecule has 9 heteroatoms. The minimum absolute atomic E-state index is 0.0494. The van der Waals surface area contributed by atoms with Gasteiger partial charge in [0.2, 0.25) is 0 Å². The minimum atomic E-state index is -2.98. The van der Waals surface area contributed by atoms with E-state index in [4.69, 9.17) is 14.3 Å². The van der Waals surface area contributed by atoms with Crippen LogP contribution in [-0.4, -0.2) is 37.2 Å². The Kier molecular flexibility index (Phi) is 6.75. The van der Waals surface area contributed by atoms with Gasteiger partial charge in [0.1, 0.15) is 11.3 Å². The Morgan fingerprint density at radius 3 is 2.56 bits per heavy atom. The van der Waals surface area contributed by atoms with Crippen molar-refractivity contribution in [2.75, 3.05) is 13.7 Å². The number of methoxy groups -OCH3 is 1. The van der Waals surface area contributed by atoms with E-state index in [2.05, 4.69) is 10.1 Å². The molecule has 146 valence electrons. The van der Waals surface area contributed by atoms with Crippen molar-refractivity contribution in [1.29, 1.82) is 0 Å². The minimum Gasteiger partial charge on any atom is -0.493 e. The lowest BCUT2D eigenvalue weighted by Gasteiger charge is -2.11. The van der Waals surface area contributed by atoms with Gasteiger partial charge in [-0.3, -0.25) is 4.79 Å². The maximum atomic E-state index is 12.4. The predicted octanol–water partition coefficient (Wildman–Crippen LogP) is 3.12. The highest BCUT2D eigenvalue weighted by Crippen LogP contribution is 2.29. The van der Waals surface area contributed by atoms with E-state index in [0.717, 1.165) is 0 Å². The second-order valence-electron chi connectivity index (χ2n) is 5.48. The van der Waals surface area contributed by atoms with Gasteiger partial charge in [0.15, 0.2) is 17.3 Å². The number of nitrogens with one attached hydrogen (secondary N) is 1. The number of hydrogen-bond acceptors (Lipinski definition) is 5. The zero-order chi connectivity index (χ0) is 20.0. The van der Waals surface area contributed by atoms with Gasteiger partial charge in [-0.05, 0) is 24.1 Å². The summed E-state index contributed by atoms with van der Waals surface area (Å²) in [4.78, 5) is 23.2. The van der Waals surface area contributed by atoms with E-state index in [-0.39, 0.29) is 35.1 Å². The van der Waals surface area contributed by atoms with Crippen molar-refractivity contribution in [3.05, 3.63) is 46.9 Å². The van der Waals surface area contributed by atoms with Crippen molar-refractivity contribution in [3.63, 3.8) is 0 Å². The van der Waals surface area contributed by atoms with Crippen LogP contribution in [0.3, 0.4) is 0 Å². The fourth-order valence-electron chi connectivity index (χ4n) is 2.46. The molecule has 7 nitrogen and oxygen atoms in total. The maximum Gasteiger partial charge on any atom is 0.387 e. The van der Waals surface area contributed by atoms with Crippen molar-refractivity contribution in [2.45, 2.75) is 26.4 Å². The molecule has 27 heavy (non-hydrogen) atoms. The van der Waals surface area contributed by atoms with Crippen LogP contribution in [0.4, 0.5) is 8.78 Å². The standard InChI is InChI=1S/C18H19F2NO6/c1-3-12-11(17(23)24)9-15(26-12)16(22)21-7-6-10-4-5-13(25-2)14(8-10)27-18(19)20/h4-5,8-9,18H,3,6-7H2,1-2H3,(H,21,22)(H,23,24). The van der Waals surface area contributed by atoms with Crippen molar-refractivity contribution in [1.82, 2.24) is 5.32 Å². The van der Waals surface area contributed by atoms with Gasteiger partial charge in [-0.2, -0.15) is 8.78 Å². The largest absolute Gasteiger partial charge is 0.493 e. The molecule has 1 amide bonds. The summed E-state index contributed by atoms with van der Waals surface area (Å²) >= 11 is 0. The zero-order valence-electron chi connectivity index (χ0n) is 14.8. The normalized spacial score (nSPS) is 10.7. The molecule has 1 aromatic carbocycles. The highest BCUT2D eigenvalue weighted by atomic mass is 19.3. The van der Waals surface area contributed by atoms with Gasteiger partial charge >= 0.3 is 12.6 Å². The van der Waals surface area contributed by atoms with Gasteiger partial charge in [0.05, 0.1) is 7.11 Å². The fraction of sp³-hybridized carbons (Fsp3) is 0.333. The molecule has 0 aliphatic heterocycles. The Morgan fingerprint density at radius 2 is 2.00 bits per heavy atom. The Hall–Kier alpha value is -3.10. The smallest absolute Gasteiger partial charge is 0.387 e. The Bertz CT molecular complexity index is 818. The third kappa shape index (κ3) is 5.19. The third-order valence-corrected chi connectivity index (χ3v) is 3.73. The van der Waals surface area contributed by atoms with E-state index in [1.807, 2.05) is 0 Å². The molecule has 1 aromatic heterocycles. The number of benzene rings is 1. The average molecular weight is 383 g/mol. The molecule has 0 bridgehead atoms. The molecule has 0 saturated heterocycles. The quantitative estimate of drug-likeness (QED) is 0.690. The first-order valence-electron chi connectivity index (χ1n) is 8.11. The van der Waals surface area contributed by atoms with Crippen LogP contribution in [-0.2, 0) is 12.8 Å². The second-order valence-corrected chi connectivity index (χ2v) is 5.48. The average Bonchev–Trinajstić information content (AvgIpc) is 3.06. The number of amides is 1. The lowest BCUT2D eigenvalue weighted by atomic mass is 10.1. The van der Waals surface area contributed by atoms with Gasteiger partial charge in [-0.25, -0.2) is 4.79 Å². The van der Waals surface area contributed by atoms with Gasteiger partial charge in [-0.1, -0.05) is 13.0 Å². The fourth-order valence-corrected chi connectivity index (χ4v) is 2.46. The molecule has 2 aromatic rings. The Balaban J connectivity index is 1.99. The molecule has 0 unspecified atom stereocenters. The lowest BCUT2D eigenvalue weighted by molar-refractivity contribution is -0.0512. The van der Waals surface area contributed by atoms with Crippen molar-refractivity contribution >= 4 is 11.9 Å². The molecule has 0 radical (unpaired) electrons. The van der Waals surface area contributed by atoms with E-state index in [1.54, 1.807) is 13.0 Å². The maximum absolute atomic E-state index is 12.4. The molecule has 0 spiro atoms. The third-order valence-electron chi connectivity index (χ3n) is 3.73. The van der Waals surface area contributed by atoms with Crippen molar-refractivity contribution < 1.29 is 37.4 Å². The van der Waals surface area contributed by atoms with E-state index < -0.39 is 18.5 Å². The number of aromatic carboxylic acids is 1. The molecule has 0 atom stereocenters. The summed E-state index contributed by atoms with van der Waals surface area (Å²) in [6.45, 7) is -1.08. The van der Waals surface area contributed by atoms with E-state index >= 15 is 0 Å². The number of carbonyl (C=O) groups excluding carboxylic acids is 1. The summed E-state index contributed by atoms with van der Waals surface area (Å²) in [5.41, 5.74) is 0.596. The second kappa shape index (κ2) is 9.02. The number of hydrogen-bond donors (Lipinski definition) is 2. The summed E-state index contributed by atoms with van der Waals surface area (Å²) in [7, 11) is 1.34. The molecule has 0 aliphatic carbocycles. The number of carbonyl (C=O) groups is 2. The molecule has 2 rings (SSSR count). The number of aryl methyl sites for hydroxylation is 1. The van der Waals surface area contributed by atoms with Crippen LogP contribution < -0.4 is 14.8 Å². The lowest BCUT2D eigenvalue weighted by Crippen LogP contribution is -2.25. The van der Waals surface area contributed by atoms with Crippen molar-refractivity contribution in [3.8, 4) is 11.5 Å². The molecule has 2 N–H and O–H groups in total. The predicted molar refractivity (Wildman–Crippen MR) is 90.7 cm³/mol. The number of ether oxygens (including phenoxy) is 2. The Labute approximate surface area is 153 Å². The van der Waals surface area contributed by atoms with Gasteiger partial charge in [-0.15, -0.1) is 0 Å². The first kappa shape index (κ1) is 20.2. The monoisotopic (exact) mass is 383 g/mol. The summed E-state index contributed by atoms with van der Waals surface area (Å²) in [6, 6.07) is 5.74. The molecule has 1 heterocycles. The van der Waals surface area contributed by atoms with E-state index in [1.165, 1.54) is 25.3 Å². The van der Waals surface area contributed by atoms with Gasteiger partial charge in [0.25, 0.3) is 5.91 Å². The topological polar surface area (TPSA) is 98.0 Å². The van der Waals surface area contributed by atoms with Crippen LogP contribution in [0, 0.1) is 0 Å². The molecular formula is C18H19F2NO6. The van der Waals surface area contributed by atoms with Crippen LogP contribution in [0.5, 0.6) is 11.5 Å². The van der Waals surface area contributed by atoms with E-state index in [0.29, 0.717) is 18.4 Å². The number of halogens is 2. The number of rotatable bonds is 9. The van der Waals surface area contributed by atoms with E-state index in [9.17, 15) is 18.4 Å². The molecule has 0 fully saturated rings. The highest BCUT2D eigenvalue weighted by molar-refractivity contribution is 5.96. The number of alkyl halides is 2. The zero-order valence-corrected chi connectivity index (χ0v) is 14.8. The molecule has 0 aliphatic rings. The summed E-state index contributed by atoms with van der Waals surface area (Å²) in [5, 5.41) is 11.7. The van der Waals surface area contributed by atoms with Gasteiger partial charge < -0.3 is 24.3 Å². The number of carboxylic acids is 1. The first-order valence-corrected chi connectivity index (χ1v) is 8.11.